The number of rotatable bonds is 3. The Morgan fingerprint density at radius 3 is 2.38 bits per heavy atom. The van der Waals surface area contributed by atoms with Gasteiger partial charge in [0.05, 0.1) is 5.54 Å². The lowest BCUT2D eigenvalue weighted by molar-refractivity contribution is 0.481. The molecular weight excluding hydrogens is 260 g/mol. The Morgan fingerprint density at radius 2 is 1.90 bits per heavy atom. The predicted octanol–water partition coefficient (Wildman–Crippen LogP) is 3.64. The molecule has 1 aromatic carbocycles. The van der Waals surface area contributed by atoms with Crippen LogP contribution in [0.2, 0.25) is 0 Å². The van der Waals surface area contributed by atoms with Crippen molar-refractivity contribution in [3.05, 3.63) is 35.4 Å². The van der Waals surface area contributed by atoms with Crippen LogP contribution in [0.3, 0.4) is 0 Å². The minimum Gasteiger partial charge on any atom is -0.383 e. The first kappa shape index (κ1) is 13.7. The lowest BCUT2D eigenvalue weighted by Crippen LogP contribution is -2.16. The Bertz CT molecular complexity index is 712. The van der Waals surface area contributed by atoms with Crippen LogP contribution in [0.25, 0.3) is 11.3 Å². The summed E-state index contributed by atoms with van der Waals surface area (Å²) in [6, 6.07) is 10.4. The molecule has 1 saturated carbocycles. The second kappa shape index (κ2) is 4.63. The number of nitrogens with two attached hydrogens (primary N) is 1. The number of nitrogen functional groups attached to an aromatic ring is 1. The molecule has 4 heteroatoms. The number of anilines is 1. The minimum absolute atomic E-state index is 0.00813. The highest BCUT2D eigenvalue weighted by Gasteiger charge is 2.42. The van der Waals surface area contributed by atoms with E-state index in [0.29, 0.717) is 23.0 Å². The van der Waals surface area contributed by atoms with E-state index >= 15 is 0 Å². The Morgan fingerprint density at radius 1 is 1.29 bits per heavy atom. The summed E-state index contributed by atoms with van der Waals surface area (Å²) in [7, 11) is 0. The molecule has 108 valence electrons. The normalized spacial score (nSPS) is 16.0. The van der Waals surface area contributed by atoms with Crippen LogP contribution in [0.4, 0.5) is 5.82 Å². The fourth-order valence-corrected chi connectivity index (χ4v) is 2.57. The molecule has 1 aliphatic rings. The summed E-state index contributed by atoms with van der Waals surface area (Å²) in [4.78, 5) is 0. The fraction of sp³-hybridized carbons (Fsp3) is 0.412. The van der Waals surface area contributed by atoms with Crippen molar-refractivity contribution in [1.82, 2.24) is 9.78 Å². The van der Waals surface area contributed by atoms with Crippen molar-refractivity contribution in [3.63, 3.8) is 0 Å². The lowest BCUT2D eigenvalue weighted by atomic mass is 10.00. The van der Waals surface area contributed by atoms with Gasteiger partial charge in [0.2, 0.25) is 0 Å². The summed E-state index contributed by atoms with van der Waals surface area (Å²) in [6.45, 7) is 6.45. The molecule has 1 fully saturated rings. The average molecular weight is 280 g/mol. The van der Waals surface area contributed by atoms with E-state index in [9.17, 15) is 5.26 Å². The third kappa shape index (κ3) is 2.19. The zero-order valence-corrected chi connectivity index (χ0v) is 12.7. The van der Waals surface area contributed by atoms with Gasteiger partial charge < -0.3 is 5.73 Å². The van der Waals surface area contributed by atoms with E-state index in [4.69, 9.17) is 5.73 Å². The standard InChI is InChI=1S/C17H20N4/c1-11(2)12-4-6-13(7-5-12)15-14(10-18)16(19)21(20-15)17(3)8-9-17/h4-7,11H,8-9,19H2,1-3H3. The zero-order chi connectivity index (χ0) is 15.2. The fourth-order valence-electron chi connectivity index (χ4n) is 2.57. The second-order valence-corrected chi connectivity index (χ2v) is 6.41. The number of benzene rings is 1. The topological polar surface area (TPSA) is 67.6 Å². The van der Waals surface area contributed by atoms with Gasteiger partial charge in [-0.05, 0) is 31.2 Å². The molecule has 2 N–H and O–H groups in total. The van der Waals surface area contributed by atoms with Crippen molar-refractivity contribution in [2.45, 2.75) is 45.1 Å². The summed E-state index contributed by atoms with van der Waals surface area (Å²) in [5, 5.41) is 14.0. The van der Waals surface area contributed by atoms with Crippen LogP contribution in [0.1, 0.15) is 50.7 Å². The molecule has 4 nitrogen and oxygen atoms in total. The molecule has 1 aromatic heterocycles. The second-order valence-electron chi connectivity index (χ2n) is 6.41. The van der Waals surface area contributed by atoms with Gasteiger partial charge >= 0.3 is 0 Å². The van der Waals surface area contributed by atoms with Crippen molar-refractivity contribution >= 4 is 5.82 Å². The van der Waals surface area contributed by atoms with Gasteiger partial charge in [0, 0.05) is 5.56 Å². The van der Waals surface area contributed by atoms with E-state index in [1.165, 1.54) is 5.56 Å². The van der Waals surface area contributed by atoms with Gasteiger partial charge in [-0.3, -0.25) is 0 Å². The third-order valence-corrected chi connectivity index (χ3v) is 4.37. The maximum absolute atomic E-state index is 9.42. The zero-order valence-electron chi connectivity index (χ0n) is 12.7. The molecule has 0 amide bonds. The molecule has 0 spiro atoms. The monoisotopic (exact) mass is 280 g/mol. The number of nitriles is 1. The summed E-state index contributed by atoms with van der Waals surface area (Å²) in [5.41, 5.74) is 9.53. The van der Waals surface area contributed by atoms with E-state index in [1.54, 1.807) is 0 Å². The van der Waals surface area contributed by atoms with Gasteiger partial charge in [-0.2, -0.15) is 10.4 Å². The van der Waals surface area contributed by atoms with E-state index in [2.05, 4.69) is 44.1 Å². The van der Waals surface area contributed by atoms with Gasteiger partial charge in [-0.15, -0.1) is 0 Å². The molecule has 1 heterocycles. The molecule has 0 saturated heterocycles. The smallest absolute Gasteiger partial charge is 0.141 e. The van der Waals surface area contributed by atoms with Crippen LogP contribution in [-0.2, 0) is 5.54 Å². The minimum atomic E-state index is -0.00813. The Hall–Kier alpha value is -2.28. The molecule has 3 rings (SSSR count). The summed E-state index contributed by atoms with van der Waals surface area (Å²) in [5.74, 6) is 0.975. The average Bonchev–Trinajstić information content (AvgIpc) is 3.11. The number of hydrogen-bond donors (Lipinski definition) is 1. The van der Waals surface area contributed by atoms with E-state index in [-0.39, 0.29) is 5.54 Å². The quantitative estimate of drug-likeness (QED) is 0.933. The molecule has 0 atom stereocenters. The molecule has 0 aliphatic heterocycles. The predicted molar refractivity (Wildman–Crippen MR) is 83.8 cm³/mol. The Labute approximate surface area is 125 Å². The molecule has 0 unspecified atom stereocenters. The van der Waals surface area contributed by atoms with E-state index in [0.717, 1.165) is 18.4 Å². The molecular formula is C17H20N4. The van der Waals surface area contributed by atoms with E-state index < -0.39 is 0 Å². The Balaban J connectivity index is 2.08. The van der Waals surface area contributed by atoms with Crippen LogP contribution in [0.15, 0.2) is 24.3 Å². The SMILES string of the molecule is CC(C)c1ccc(-c2nn(C3(C)CC3)c(N)c2C#N)cc1. The highest BCUT2D eigenvalue weighted by molar-refractivity contribution is 5.73. The van der Waals surface area contributed by atoms with Gasteiger partial charge in [0.1, 0.15) is 23.1 Å². The van der Waals surface area contributed by atoms with Gasteiger partial charge in [-0.1, -0.05) is 38.1 Å². The maximum atomic E-state index is 9.42. The molecule has 2 aromatic rings. The van der Waals surface area contributed by atoms with E-state index in [1.807, 2.05) is 16.8 Å². The number of nitrogens with zero attached hydrogens (tertiary/aromatic N) is 3. The number of hydrogen-bond acceptors (Lipinski definition) is 3. The van der Waals surface area contributed by atoms with Crippen LogP contribution in [0.5, 0.6) is 0 Å². The molecule has 0 bridgehead atoms. The molecule has 21 heavy (non-hydrogen) atoms. The van der Waals surface area contributed by atoms with Crippen molar-refractivity contribution in [3.8, 4) is 17.3 Å². The maximum Gasteiger partial charge on any atom is 0.141 e. The molecule has 1 aliphatic carbocycles. The van der Waals surface area contributed by atoms with Crippen molar-refractivity contribution in [1.29, 1.82) is 5.26 Å². The first-order valence-corrected chi connectivity index (χ1v) is 7.35. The van der Waals surface area contributed by atoms with Crippen LogP contribution >= 0.6 is 0 Å². The van der Waals surface area contributed by atoms with Crippen LogP contribution < -0.4 is 5.73 Å². The van der Waals surface area contributed by atoms with Gasteiger partial charge in [0.25, 0.3) is 0 Å². The lowest BCUT2D eigenvalue weighted by Gasteiger charge is -2.10. The summed E-state index contributed by atoms with van der Waals surface area (Å²) < 4.78 is 1.83. The summed E-state index contributed by atoms with van der Waals surface area (Å²) >= 11 is 0. The highest BCUT2D eigenvalue weighted by Crippen LogP contribution is 2.45. The van der Waals surface area contributed by atoms with Crippen molar-refractivity contribution in [2.75, 3.05) is 5.73 Å². The first-order chi connectivity index (χ1) is 9.96. The van der Waals surface area contributed by atoms with Crippen LogP contribution in [0, 0.1) is 11.3 Å². The van der Waals surface area contributed by atoms with Crippen molar-refractivity contribution in [2.24, 2.45) is 0 Å². The first-order valence-electron chi connectivity index (χ1n) is 7.35. The highest BCUT2D eigenvalue weighted by atomic mass is 15.4. The number of aromatic nitrogens is 2. The van der Waals surface area contributed by atoms with Crippen molar-refractivity contribution < 1.29 is 0 Å². The van der Waals surface area contributed by atoms with Crippen LogP contribution in [-0.4, -0.2) is 9.78 Å². The van der Waals surface area contributed by atoms with Gasteiger partial charge in [0.15, 0.2) is 0 Å². The molecule has 0 radical (unpaired) electrons. The largest absolute Gasteiger partial charge is 0.383 e. The third-order valence-electron chi connectivity index (χ3n) is 4.37. The Kier molecular flexibility index (Phi) is 3.02. The summed E-state index contributed by atoms with van der Waals surface area (Å²) in [6.07, 6.45) is 2.13. The van der Waals surface area contributed by atoms with Gasteiger partial charge in [-0.25, -0.2) is 4.68 Å².